The number of benzene rings is 1. The summed E-state index contributed by atoms with van der Waals surface area (Å²) in [5, 5.41) is 0. The second-order valence-electron chi connectivity index (χ2n) is 6.05. The third kappa shape index (κ3) is 4.55. The number of amides is 1. The molecule has 0 aliphatic carbocycles. The van der Waals surface area contributed by atoms with E-state index in [1.165, 1.54) is 6.07 Å². The van der Waals surface area contributed by atoms with Gasteiger partial charge in [-0.15, -0.1) is 0 Å². The van der Waals surface area contributed by atoms with E-state index >= 15 is 0 Å². The minimum absolute atomic E-state index is 0.00593. The summed E-state index contributed by atoms with van der Waals surface area (Å²) in [6, 6.07) is 5.06. The van der Waals surface area contributed by atoms with Gasteiger partial charge in [-0.25, -0.2) is 4.39 Å². The first-order valence-corrected chi connectivity index (χ1v) is 8.01. The number of hydrogen-bond acceptors (Lipinski definition) is 1. The molecule has 1 rings (SSSR count). The number of nitrogens with zero attached hydrogens (tertiary/aromatic N) is 1. The van der Waals surface area contributed by atoms with Gasteiger partial charge in [0.1, 0.15) is 5.82 Å². The summed E-state index contributed by atoms with van der Waals surface area (Å²) in [6.45, 7) is 9.88. The molecule has 0 aliphatic heterocycles. The summed E-state index contributed by atoms with van der Waals surface area (Å²) in [7, 11) is 0. The topological polar surface area (TPSA) is 20.3 Å². The van der Waals surface area contributed by atoms with E-state index in [2.05, 4.69) is 13.8 Å². The van der Waals surface area contributed by atoms with Crippen LogP contribution in [0.25, 0.3) is 0 Å². The van der Waals surface area contributed by atoms with Crippen molar-refractivity contribution in [3.8, 4) is 0 Å². The van der Waals surface area contributed by atoms with E-state index in [1.807, 2.05) is 20.8 Å². The van der Waals surface area contributed by atoms with Crippen LogP contribution in [0.5, 0.6) is 0 Å². The fourth-order valence-corrected chi connectivity index (χ4v) is 2.65. The van der Waals surface area contributed by atoms with Gasteiger partial charge in [0.2, 0.25) is 5.91 Å². The number of carbonyl (C=O) groups is 1. The van der Waals surface area contributed by atoms with Crippen molar-refractivity contribution in [2.75, 3.05) is 4.90 Å². The molecule has 118 valence electrons. The molecule has 0 N–H and O–H groups in total. The van der Waals surface area contributed by atoms with Crippen LogP contribution in [0.1, 0.15) is 58.9 Å². The van der Waals surface area contributed by atoms with E-state index in [4.69, 9.17) is 0 Å². The standard InChI is InChI=1S/C18H28FNO/c1-6-8-15(9-7-2)20(18(21)13(3)4)17-12-14(5)10-11-16(17)19/h10-13,15H,6-9H2,1-5H3. The van der Waals surface area contributed by atoms with Crippen LogP contribution in [0.4, 0.5) is 10.1 Å². The first-order valence-electron chi connectivity index (χ1n) is 8.01. The Morgan fingerprint density at radius 3 is 2.24 bits per heavy atom. The SMILES string of the molecule is CCCC(CCC)N(C(=O)C(C)C)c1cc(C)ccc1F. The van der Waals surface area contributed by atoms with Crippen molar-refractivity contribution in [3.05, 3.63) is 29.6 Å². The summed E-state index contributed by atoms with van der Waals surface area (Å²) < 4.78 is 14.3. The zero-order chi connectivity index (χ0) is 16.0. The van der Waals surface area contributed by atoms with Crippen LogP contribution in [0, 0.1) is 18.7 Å². The van der Waals surface area contributed by atoms with Gasteiger partial charge in [-0.2, -0.15) is 0 Å². The fourth-order valence-electron chi connectivity index (χ4n) is 2.65. The van der Waals surface area contributed by atoms with Gasteiger partial charge in [0.15, 0.2) is 0 Å². The zero-order valence-corrected chi connectivity index (χ0v) is 13.9. The third-order valence-corrected chi connectivity index (χ3v) is 3.70. The fraction of sp³-hybridized carbons (Fsp3) is 0.611. The van der Waals surface area contributed by atoms with Crippen LogP contribution < -0.4 is 4.90 Å². The first-order chi connectivity index (χ1) is 9.92. The third-order valence-electron chi connectivity index (χ3n) is 3.70. The predicted molar refractivity (Wildman–Crippen MR) is 87.1 cm³/mol. The van der Waals surface area contributed by atoms with Crippen LogP contribution >= 0.6 is 0 Å². The van der Waals surface area contributed by atoms with E-state index in [0.717, 1.165) is 31.2 Å². The van der Waals surface area contributed by atoms with Crippen molar-refractivity contribution in [1.82, 2.24) is 0 Å². The lowest BCUT2D eigenvalue weighted by atomic mass is 10.0. The first kappa shape index (κ1) is 17.7. The Balaban J connectivity index is 3.29. The number of rotatable bonds is 7. The highest BCUT2D eigenvalue weighted by Gasteiger charge is 2.28. The molecule has 0 bridgehead atoms. The molecule has 0 unspecified atom stereocenters. The van der Waals surface area contributed by atoms with E-state index in [0.29, 0.717) is 5.69 Å². The Bertz CT molecular complexity index is 464. The van der Waals surface area contributed by atoms with Gasteiger partial charge >= 0.3 is 0 Å². The number of halogens is 1. The number of aryl methyl sites for hydroxylation is 1. The highest BCUT2D eigenvalue weighted by molar-refractivity contribution is 5.95. The predicted octanol–water partition coefficient (Wildman–Crippen LogP) is 5.09. The summed E-state index contributed by atoms with van der Waals surface area (Å²) in [4.78, 5) is 14.4. The van der Waals surface area contributed by atoms with Crippen molar-refractivity contribution in [3.63, 3.8) is 0 Å². The lowest BCUT2D eigenvalue weighted by Crippen LogP contribution is -2.43. The van der Waals surface area contributed by atoms with Crippen LogP contribution in [0.3, 0.4) is 0 Å². The smallest absolute Gasteiger partial charge is 0.229 e. The van der Waals surface area contributed by atoms with Crippen LogP contribution in [0.15, 0.2) is 18.2 Å². The Kier molecular flexibility index (Phi) is 6.86. The van der Waals surface area contributed by atoms with Gasteiger partial charge < -0.3 is 4.90 Å². The maximum Gasteiger partial charge on any atom is 0.229 e. The molecular formula is C18H28FNO. The normalized spacial score (nSPS) is 11.2. The molecule has 0 atom stereocenters. The summed E-state index contributed by atoms with van der Waals surface area (Å²) in [6.07, 6.45) is 3.78. The molecule has 0 radical (unpaired) electrons. The molecule has 1 aromatic rings. The molecule has 0 spiro atoms. The van der Waals surface area contributed by atoms with Gasteiger partial charge in [0.25, 0.3) is 0 Å². The second-order valence-corrected chi connectivity index (χ2v) is 6.05. The quantitative estimate of drug-likeness (QED) is 0.685. The lowest BCUT2D eigenvalue weighted by Gasteiger charge is -2.33. The van der Waals surface area contributed by atoms with Gasteiger partial charge in [0.05, 0.1) is 5.69 Å². The van der Waals surface area contributed by atoms with Gasteiger partial charge in [-0.1, -0.05) is 46.6 Å². The molecule has 0 saturated heterocycles. The monoisotopic (exact) mass is 293 g/mol. The van der Waals surface area contributed by atoms with Crippen LogP contribution in [0.2, 0.25) is 0 Å². The molecule has 2 nitrogen and oxygen atoms in total. The Labute approximate surface area is 128 Å². The highest BCUT2D eigenvalue weighted by atomic mass is 19.1. The second kappa shape index (κ2) is 8.16. The molecule has 0 aromatic heterocycles. The van der Waals surface area contributed by atoms with Crippen molar-refractivity contribution in [2.45, 2.75) is 66.3 Å². The Hall–Kier alpha value is -1.38. The average molecular weight is 293 g/mol. The number of anilines is 1. The zero-order valence-electron chi connectivity index (χ0n) is 13.9. The minimum Gasteiger partial charge on any atom is -0.306 e. The number of carbonyl (C=O) groups excluding carboxylic acids is 1. The average Bonchev–Trinajstić information content (AvgIpc) is 2.43. The van der Waals surface area contributed by atoms with Crippen molar-refractivity contribution >= 4 is 11.6 Å². The molecular weight excluding hydrogens is 265 g/mol. The van der Waals surface area contributed by atoms with Crippen molar-refractivity contribution in [1.29, 1.82) is 0 Å². The summed E-state index contributed by atoms with van der Waals surface area (Å²) >= 11 is 0. The Morgan fingerprint density at radius 2 is 1.76 bits per heavy atom. The van der Waals surface area contributed by atoms with Crippen molar-refractivity contribution in [2.24, 2.45) is 5.92 Å². The minimum atomic E-state index is -0.313. The van der Waals surface area contributed by atoms with Gasteiger partial charge in [0, 0.05) is 12.0 Å². The Morgan fingerprint density at radius 1 is 1.19 bits per heavy atom. The maximum atomic E-state index is 14.3. The molecule has 1 aromatic carbocycles. The molecule has 0 heterocycles. The van der Waals surface area contributed by atoms with E-state index in [-0.39, 0.29) is 23.7 Å². The highest BCUT2D eigenvalue weighted by Crippen LogP contribution is 2.28. The van der Waals surface area contributed by atoms with Crippen LogP contribution in [-0.2, 0) is 4.79 Å². The molecule has 3 heteroatoms. The summed E-state index contributed by atoms with van der Waals surface area (Å²) in [5.74, 6) is -0.445. The maximum absolute atomic E-state index is 14.3. The van der Waals surface area contributed by atoms with E-state index in [9.17, 15) is 9.18 Å². The van der Waals surface area contributed by atoms with E-state index < -0.39 is 0 Å². The van der Waals surface area contributed by atoms with E-state index in [1.54, 1.807) is 17.0 Å². The summed E-state index contributed by atoms with van der Waals surface area (Å²) in [5.41, 5.74) is 1.40. The van der Waals surface area contributed by atoms with Crippen molar-refractivity contribution < 1.29 is 9.18 Å². The molecule has 21 heavy (non-hydrogen) atoms. The molecule has 0 fully saturated rings. The molecule has 1 amide bonds. The molecule has 0 saturated carbocycles. The van der Waals surface area contributed by atoms with Crippen LogP contribution in [-0.4, -0.2) is 11.9 Å². The molecule has 0 aliphatic rings. The largest absolute Gasteiger partial charge is 0.306 e. The number of hydrogen-bond donors (Lipinski definition) is 0. The van der Waals surface area contributed by atoms with Gasteiger partial charge in [-0.3, -0.25) is 4.79 Å². The van der Waals surface area contributed by atoms with Gasteiger partial charge in [-0.05, 0) is 37.5 Å². The lowest BCUT2D eigenvalue weighted by molar-refractivity contribution is -0.122.